The lowest BCUT2D eigenvalue weighted by Crippen LogP contribution is -2.05. The summed E-state index contributed by atoms with van der Waals surface area (Å²) < 4.78 is 5.28. The van der Waals surface area contributed by atoms with Crippen molar-refractivity contribution in [2.75, 3.05) is 13.4 Å². The second-order valence-corrected chi connectivity index (χ2v) is 8.27. The highest BCUT2D eigenvalue weighted by Gasteiger charge is 2.15. The van der Waals surface area contributed by atoms with Gasteiger partial charge in [0.25, 0.3) is 0 Å². The van der Waals surface area contributed by atoms with Gasteiger partial charge in [-0.3, -0.25) is 4.99 Å². The minimum atomic E-state index is 0.726. The lowest BCUT2D eigenvalue weighted by molar-refractivity contribution is 0.415. The van der Waals surface area contributed by atoms with Crippen molar-refractivity contribution < 1.29 is 4.74 Å². The highest BCUT2D eigenvalue weighted by molar-refractivity contribution is 8.13. The van der Waals surface area contributed by atoms with Crippen molar-refractivity contribution in [2.45, 2.75) is 16.2 Å². The molecule has 1 heterocycles. The van der Waals surface area contributed by atoms with E-state index in [4.69, 9.17) is 14.7 Å². The van der Waals surface area contributed by atoms with Crippen LogP contribution in [-0.4, -0.2) is 24.1 Å². The minimum absolute atomic E-state index is 0.726. The summed E-state index contributed by atoms with van der Waals surface area (Å²) in [5.74, 6) is 0.846. The van der Waals surface area contributed by atoms with E-state index in [1.165, 1.54) is 4.90 Å². The Morgan fingerprint density at radius 1 is 0.821 bits per heavy atom. The molecule has 1 aliphatic heterocycles. The number of aliphatic imine (C=N–C) groups is 2. The van der Waals surface area contributed by atoms with Crippen molar-refractivity contribution in [1.82, 2.24) is 0 Å². The molecular formula is C23H20N2OS2. The number of rotatable bonds is 4. The van der Waals surface area contributed by atoms with E-state index in [0.29, 0.717) is 0 Å². The SMILES string of the molecule is COc1ccc(C2=Nc3cc(Sc4ccccc4)ccc3N=C(SC)C2)cc1. The third-order valence-electron chi connectivity index (χ3n) is 4.40. The molecule has 0 aliphatic carbocycles. The van der Waals surface area contributed by atoms with Crippen LogP contribution in [-0.2, 0) is 0 Å². The normalized spacial score (nSPS) is 13.2. The standard InChI is InChI=1S/C23H20N2OS2/c1-26-17-10-8-16(9-11-17)21-15-23(27-2)25-20-13-12-19(14-22(20)24-21)28-18-6-4-3-5-7-18/h3-14H,15H2,1-2H3. The summed E-state index contributed by atoms with van der Waals surface area (Å²) in [5, 5.41) is 1.07. The number of nitrogens with zero attached hydrogens (tertiary/aromatic N) is 2. The van der Waals surface area contributed by atoms with Crippen LogP contribution in [0.5, 0.6) is 5.75 Å². The molecule has 4 rings (SSSR count). The van der Waals surface area contributed by atoms with Crippen LogP contribution in [0.4, 0.5) is 11.4 Å². The quantitative estimate of drug-likeness (QED) is 0.481. The summed E-state index contributed by atoms with van der Waals surface area (Å²) in [5.41, 5.74) is 3.95. The van der Waals surface area contributed by atoms with Crippen molar-refractivity contribution in [3.8, 4) is 5.75 Å². The van der Waals surface area contributed by atoms with E-state index in [9.17, 15) is 0 Å². The topological polar surface area (TPSA) is 34.0 Å². The zero-order valence-corrected chi connectivity index (χ0v) is 17.4. The number of thioether (sulfide) groups is 1. The summed E-state index contributed by atoms with van der Waals surface area (Å²) >= 11 is 3.41. The predicted molar refractivity (Wildman–Crippen MR) is 121 cm³/mol. The largest absolute Gasteiger partial charge is 0.497 e. The van der Waals surface area contributed by atoms with Crippen LogP contribution < -0.4 is 4.74 Å². The predicted octanol–water partition coefficient (Wildman–Crippen LogP) is 6.76. The Labute approximate surface area is 174 Å². The van der Waals surface area contributed by atoms with Gasteiger partial charge in [-0.15, -0.1) is 11.8 Å². The Morgan fingerprint density at radius 2 is 1.61 bits per heavy atom. The second kappa shape index (κ2) is 8.67. The lowest BCUT2D eigenvalue weighted by Gasteiger charge is -2.07. The van der Waals surface area contributed by atoms with E-state index in [0.717, 1.165) is 44.8 Å². The molecule has 1 aliphatic rings. The first-order chi connectivity index (χ1) is 13.7. The third kappa shape index (κ3) is 4.32. The molecule has 0 spiro atoms. The number of fused-ring (bicyclic) bond motifs is 1. The van der Waals surface area contributed by atoms with E-state index in [1.807, 2.05) is 18.2 Å². The van der Waals surface area contributed by atoms with Gasteiger partial charge in [0.2, 0.25) is 0 Å². The Kier molecular flexibility index (Phi) is 5.84. The molecule has 0 saturated heterocycles. The van der Waals surface area contributed by atoms with Gasteiger partial charge in [-0.25, -0.2) is 4.99 Å². The molecule has 5 heteroatoms. The van der Waals surface area contributed by atoms with Gasteiger partial charge in [0.1, 0.15) is 5.75 Å². The molecule has 0 aromatic heterocycles. The van der Waals surface area contributed by atoms with Gasteiger partial charge in [-0.2, -0.15) is 0 Å². The van der Waals surface area contributed by atoms with Gasteiger partial charge in [-0.1, -0.05) is 30.0 Å². The van der Waals surface area contributed by atoms with E-state index in [-0.39, 0.29) is 0 Å². The van der Waals surface area contributed by atoms with E-state index < -0.39 is 0 Å². The van der Waals surface area contributed by atoms with Gasteiger partial charge < -0.3 is 4.74 Å². The first-order valence-electron chi connectivity index (χ1n) is 8.95. The van der Waals surface area contributed by atoms with Gasteiger partial charge in [0.15, 0.2) is 0 Å². The Morgan fingerprint density at radius 3 is 2.32 bits per heavy atom. The summed E-state index contributed by atoms with van der Waals surface area (Å²) in [7, 11) is 1.68. The summed E-state index contributed by atoms with van der Waals surface area (Å²) in [6.07, 6.45) is 2.79. The molecule has 0 unspecified atom stereocenters. The van der Waals surface area contributed by atoms with Gasteiger partial charge in [0.05, 0.1) is 29.2 Å². The molecule has 140 valence electrons. The fraction of sp³-hybridized carbons (Fsp3) is 0.130. The van der Waals surface area contributed by atoms with Crippen molar-refractivity contribution in [1.29, 1.82) is 0 Å². The van der Waals surface area contributed by atoms with Crippen LogP contribution in [0.15, 0.2) is 92.6 Å². The molecule has 0 radical (unpaired) electrons. The van der Waals surface area contributed by atoms with Crippen molar-refractivity contribution in [2.24, 2.45) is 9.98 Å². The number of ether oxygens (including phenoxy) is 1. The number of hydrogen-bond acceptors (Lipinski definition) is 5. The number of methoxy groups -OCH3 is 1. The van der Waals surface area contributed by atoms with E-state index >= 15 is 0 Å². The van der Waals surface area contributed by atoms with Crippen LogP contribution in [0.1, 0.15) is 12.0 Å². The Hall–Kier alpha value is -2.50. The monoisotopic (exact) mass is 404 g/mol. The average Bonchev–Trinajstić information content (AvgIpc) is 2.93. The first kappa shape index (κ1) is 18.8. The zero-order chi connectivity index (χ0) is 19.3. The van der Waals surface area contributed by atoms with Crippen LogP contribution in [0.2, 0.25) is 0 Å². The molecule has 0 fully saturated rings. The molecule has 28 heavy (non-hydrogen) atoms. The van der Waals surface area contributed by atoms with Crippen molar-refractivity contribution in [3.63, 3.8) is 0 Å². The number of hydrogen-bond donors (Lipinski definition) is 0. The fourth-order valence-corrected chi connectivity index (χ4v) is 4.29. The molecule has 3 aromatic rings. The first-order valence-corrected chi connectivity index (χ1v) is 11.0. The Balaban J connectivity index is 1.72. The minimum Gasteiger partial charge on any atom is -0.497 e. The van der Waals surface area contributed by atoms with Gasteiger partial charge in [0, 0.05) is 16.2 Å². The van der Waals surface area contributed by atoms with Gasteiger partial charge >= 0.3 is 0 Å². The smallest absolute Gasteiger partial charge is 0.118 e. The molecule has 0 amide bonds. The maximum absolute atomic E-state index is 5.28. The molecule has 0 atom stereocenters. The maximum Gasteiger partial charge on any atom is 0.118 e. The highest BCUT2D eigenvalue weighted by Crippen LogP contribution is 2.38. The number of benzene rings is 3. The fourth-order valence-electron chi connectivity index (χ4n) is 2.95. The lowest BCUT2D eigenvalue weighted by atomic mass is 10.1. The Bertz CT molecular complexity index is 1030. The zero-order valence-electron chi connectivity index (χ0n) is 15.8. The van der Waals surface area contributed by atoms with Crippen molar-refractivity contribution in [3.05, 3.63) is 78.4 Å². The molecule has 0 N–H and O–H groups in total. The third-order valence-corrected chi connectivity index (χ3v) is 6.11. The average molecular weight is 405 g/mol. The van der Waals surface area contributed by atoms with E-state index in [1.54, 1.807) is 30.6 Å². The highest BCUT2D eigenvalue weighted by atomic mass is 32.2. The van der Waals surface area contributed by atoms with Crippen molar-refractivity contribution >= 4 is 45.7 Å². The van der Waals surface area contributed by atoms with Crippen LogP contribution in [0.25, 0.3) is 0 Å². The maximum atomic E-state index is 5.28. The van der Waals surface area contributed by atoms with Gasteiger partial charge in [-0.05, 0) is 66.4 Å². The van der Waals surface area contributed by atoms with E-state index in [2.05, 4.69) is 60.9 Å². The van der Waals surface area contributed by atoms with Crippen LogP contribution >= 0.6 is 23.5 Å². The summed E-state index contributed by atoms with van der Waals surface area (Å²) in [6.45, 7) is 0. The summed E-state index contributed by atoms with van der Waals surface area (Å²) in [6, 6.07) is 24.8. The molecule has 0 bridgehead atoms. The summed E-state index contributed by atoms with van der Waals surface area (Å²) in [4.78, 5) is 12.2. The molecule has 3 nitrogen and oxygen atoms in total. The molecule has 3 aromatic carbocycles. The molecule has 0 saturated carbocycles. The second-order valence-electron chi connectivity index (χ2n) is 6.24. The molecular weight excluding hydrogens is 384 g/mol. The van der Waals surface area contributed by atoms with Crippen LogP contribution in [0.3, 0.4) is 0 Å². The van der Waals surface area contributed by atoms with Crippen LogP contribution in [0, 0.1) is 0 Å².